The lowest BCUT2D eigenvalue weighted by Gasteiger charge is -2.10. The number of carbonyl (C=O) groups excluding carboxylic acids is 2. The third-order valence-electron chi connectivity index (χ3n) is 2.99. The third kappa shape index (κ3) is 2.70. The molecule has 21 heavy (non-hydrogen) atoms. The smallest absolute Gasteiger partial charge is 0.252 e. The molecule has 0 fully saturated rings. The summed E-state index contributed by atoms with van der Waals surface area (Å²) in [6.07, 6.45) is 1.25. The highest BCUT2D eigenvalue weighted by Gasteiger charge is 2.33. The zero-order valence-corrected chi connectivity index (χ0v) is 12.0. The number of amides is 2. The summed E-state index contributed by atoms with van der Waals surface area (Å²) >= 11 is 11.8. The van der Waals surface area contributed by atoms with Crippen LogP contribution in [0.1, 0.15) is 12.5 Å². The summed E-state index contributed by atoms with van der Waals surface area (Å²) in [6, 6.07) is 4.02. The van der Waals surface area contributed by atoms with Gasteiger partial charge in [0.1, 0.15) is 12.4 Å². The summed E-state index contributed by atoms with van der Waals surface area (Å²) in [5, 5.41) is 9.90. The first-order valence-electron chi connectivity index (χ1n) is 6.00. The minimum atomic E-state index is -0.714. The van der Waals surface area contributed by atoms with Crippen LogP contribution in [0, 0.1) is 0 Å². The average molecular weight is 326 g/mol. The predicted molar refractivity (Wildman–Crippen MR) is 77.4 cm³/mol. The Morgan fingerprint density at radius 1 is 1.43 bits per heavy atom. The number of rotatable bonds is 3. The molecule has 7 nitrogen and oxygen atoms in total. The van der Waals surface area contributed by atoms with Gasteiger partial charge in [-0.3, -0.25) is 14.9 Å². The summed E-state index contributed by atoms with van der Waals surface area (Å²) < 4.78 is 1.38. The zero-order chi connectivity index (χ0) is 15.0. The van der Waals surface area contributed by atoms with Gasteiger partial charge in [-0.1, -0.05) is 23.2 Å². The van der Waals surface area contributed by atoms with Gasteiger partial charge in [0.2, 0.25) is 11.9 Å². The maximum atomic E-state index is 12.0. The van der Waals surface area contributed by atoms with E-state index >= 15 is 0 Å². The monoisotopic (exact) mass is 325 g/mol. The number of hydrogen-bond acceptors (Lipinski definition) is 4. The van der Waals surface area contributed by atoms with E-state index in [2.05, 4.69) is 20.7 Å². The van der Waals surface area contributed by atoms with E-state index in [1.807, 2.05) is 0 Å². The zero-order valence-electron chi connectivity index (χ0n) is 10.5. The van der Waals surface area contributed by atoms with Gasteiger partial charge in [0.05, 0.1) is 17.1 Å². The Bertz CT molecular complexity index is 730. The molecule has 3 rings (SSSR count). The summed E-state index contributed by atoms with van der Waals surface area (Å²) in [7, 11) is 0. The Labute approximate surface area is 129 Å². The highest BCUT2D eigenvalue weighted by Crippen LogP contribution is 2.27. The largest absolute Gasteiger partial charge is 0.325 e. The van der Waals surface area contributed by atoms with Crippen molar-refractivity contribution in [2.45, 2.75) is 12.5 Å². The molecule has 1 atom stereocenters. The van der Waals surface area contributed by atoms with Crippen molar-refractivity contribution in [2.24, 2.45) is 0 Å². The lowest BCUT2D eigenvalue weighted by Crippen LogP contribution is -2.23. The normalized spacial score (nSPS) is 16.5. The van der Waals surface area contributed by atoms with Crippen LogP contribution in [0.15, 0.2) is 24.5 Å². The molecular formula is C12H9Cl2N5O2. The van der Waals surface area contributed by atoms with Gasteiger partial charge >= 0.3 is 0 Å². The van der Waals surface area contributed by atoms with E-state index in [4.69, 9.17) is 23.2 Å². The summed E-state index contributed by atoms with van der Waals surface area (Å²) in [5.41, 5.74) is 0.434. The number of aromatic nitrogens is 3. The van der Waals surface area contributed by atoms with Crippen LogP contribution in [-0.4, -0.2) is 26.6 Å². The van der Waals surface area contributed by atoms with Crippen molar-refractivity contribution in [2.75, 3.05) is 10.6 Å². The summed E-state index contributed by atoms with van der Waals surface area (Å²) in [6.45, 7) is 0. The van der Waals surface area contributed by atoms with Crippen LogP contribution in [0.2, 0.25) is 10.0 Å². The van der Waals surface area contributed by atoms with Crippen molar-refractivity contribution in [1.29, 1.82) is 0 Å². The summed E-state index contributed by atoms with van der Waals surface area (Å²) in [5.74, 6) is -0.340. The quantitative estimate of drug-likeness (QED) is 0.904. The van der Waals surface area contributed by atoms with E-state index in [0.717, 1.165) is 0 Å². The van der Waals surface area contributed by atoms with Gasteiger partial charge in [-0.25, -0.2) is 4.68 Å². The van der Waals surface area contributed by atoms with Crippen LogP contribution < -0.4 is 10.6 Å². The Morgan fingerprint density at radius 3 is 3.00 bits per heavy atom. The number of anilines is 2. The minimum Gasteiger partial charge on any atom is -0.325 e. The van der Waals surface area contributed by atoms with Crippen LogP contribution in [0.4, 0.5) is 11.6 Å². The molecule has 1 aliphatic heterocycles. The topological polar surface area (TPSA) is 88.9 Å². The first-order valence-corrected chi connectivity index (χ1v) is 6.75. The van der Waals surface area contributed by atoms with Crippen molar-refractivity contribution in [1.82, 2.24) is 14.8 Å². The van der Waals surface area contributed by atoms with E-state index in [1.165, 1.54) is 17.1 Å². The van der Waals surface area contributed by atoms with E-state index in [9.17, 15) is 9.59 Å². The molecule has 0 spiro atoms. The van der Waals surface area contributed by atoms with E-state index in [-0.39, 0.29) is 18.2 Å². The molecule has 2 N–H and O–H groups in total. The van der Waals surface area contributed by atoms with E-state index < -0.39 is 6.04 Å². The molecule has 0 radical (unpaired) electrons. The van der Waals surface area contributed by atoms with Gasteiger partial charge in [0.15, 0.2) is 0 Å². The fraction of sp³-hybridized carbons (Fsp3) is 0.167. The molecular weight excluding hydrogens is 317 g/mol. The molecule has 9 heteroatoms. The standard InChI is InChI=1S/C12H9Cl2N5O2/c13-6-1-2-8(7(14)3-6)17-10(20)4-9-11(21)18-12-15-5-16-19(9)12/h1-3,5,9H,4H2,(H,17,20)(H,15,16,18,21)/t9-/m1/s1. The molecule has 0 saturated heterocycles. The first-order chi connectivity index (χ1) is 10.0. The van der Waals surface area contributed by atoms with Crippen LogP contribution in [-0.2, 0) is 9.59 Å². The third-order valence-corrected chi connectivity index (χ3v) is 3.54. The van der Waals surface area contributed by atoms with Gasteiger partial charge in [0.25, 0.3) is 5.91 Å². The number of nitrogens with one attached hydrogen (secondary N) is 2. The summed E-state index contributed by atoms with van der Waals surface area (Å²) in [4.78, 5) is 27.7. The number of nitrogens with zero attached hydrogens (tertiary/aromatic N) is 3. The molecule has 2 heterocycles. The fourth-order valence-corrected chi connectivity index (χ4v) is 2.47. The van der Waals surface area contributed by atoms with Crippen molar-refractivity contribution >= 4 is 46.7 Å². The second-order valence-corrected chi connectivity index (χ2v) is 5.25. The van der Waals surface area contributed by atoms with Gasteiger partial charge in [-0.15, -0.1) is 0 Å². The van der Waals surface area contributed by atoms with Crippen molar-refractivity contribution in [3.8, 4) is 0 Å². The number of hydrogen-bond donors (Lipinski definition) is 2. The molecule has 1 aliphatic rings. The first kappa shape index (κ1) is 13.8. The molecule has 108 valence electrons. The van der Waals surface area contributed by atoms with Gasteiger partial charge in [-0.05, 0) is 18.2 Å². The maximum Gasteiger partial charge on any atom is 0.252 e. The number of carbonyl (C=O) groups is 2. The van der Waals surface area contributed by atoms with Gasteiger partial charge < -0.3 is 5.32 Å². The number of halogens is 2. The molecule has 2 amide bonds. The second kappa shape index (κ2) is 5.34. The maximum absolute atomic E-state index is 12.0. The van der Waals surface area contributed by atoms with Crippen LogP contribution >= 0.6 is 23.2 Å². The molecule has 1 aromatic heterocycles. The SMILES string of the molecule is O=C(C[C@@H]1C(=O)Nc2ncnn21)Nc1ccc(Cl)cc1Cl. The Balaban J connectivity index is 1.71. The van der Waals surface area contributed by atoms with Crippen LogP contribution in [0.3, 0.4) is 0 Å². The highest BCUT2D eigenvalue weighted by molar-refractivity contribution is 6.36. The molecule has 0 bridgehead atoms. The lowest BCUT2D eigenvalue weighted by atomic mass is 10.2. The minimum absolute atomic E-state index is 0.0683. The Hall–Kier alpha value is -2.12. The molecule has 0 aliphatic carbocycles. The predicted octanol–water partition coefficient (Wildman–Crippen LogP) is 2.11. The number of benzene rings is 1. The molecule has 0 saturated carbocycles. The molecule has 0 unspecified atom stereocenters. The Kier molecular flexibility index (Phi) is 3.52. The van der Waals surface area contributed by atoms with Crippen LogP contribution in [0.5, 0.6) is 0 Å². The van der Waals surface area contributed by atoms with E-state index in [0.29, 0.717) is 21.7 Å². The van der Waals surface area contributed by atoms with Crippen molar-refractivity contribution in [3.05, 3.63) is 34.6 Å². The van der Waals surface area contributed by atoms with Crippen LogP contribution in [0.25, 0.3) is 0 Å². The molecule has 2 aromatic rings. The fourth-order valence-electron chi connectivity index (χ4n) is 2.02. The second-order valence-electron chi connectivity index (χ2n) is 4.41. The van der Waals surface area contributed by atoms with Gasteiger partial charge in [-0.2, -0.15) is 10.1 Å². The molecule has 1 aromatic carbocycles. The van der Waals surface area contributed by atoms with Crippen molar-refractivity contribution in [3.63, 3.8) is 0 Å². The van der Waals surface area contributed by atoms with E-state index in [1.54, 1.807) is 12.1 Å². The lowest BCUT2D eigenvalue weighted by molar-refractivity contribution is -0.123. The average Bonchev–Trinajstić information content (AvgIpc) is 2.96. The van der Waals surface area contributed by atoms with Crippen molar-refractivity contribution < 1.29 is 9.59 Å². The highest BCUT2D eigenvalue weighted by atomic mass is 35.5. The van der Waals surface area contributed by atoms with Gasteiger partial charge in [0, 0.05) is 5.02 Å². The Morgan fingerprint density at radius 2 is 2.24 bits per heavy atom. The number of fused-ring (bicyclic) bond motifs is 1.